The van der Waals surface area contributed by atoms with Crippen molar-refractivity contribution >= 4 is 18.5 Å². The highest BCUT2D eigenvalue weighted by atomic mass is 32.1. The monoisotopic (exact) mass is 281 g/mol. The van der Waals surface area contributed by atoms with Crippen LogP contribution < -0.4 is 0 Å². The third-order valence-corrected chi connectivity index (χ3v) is 3.37. The first-order valence-corrected chi connectivity index (χ1v) is 6.91. The fourth-order valence-corrected chi connectivity index (χ4v) is 2.32. The van der Waals surface area contributed by atoms with Gasteiger partial charge in [0, 0.05) is 12.2 Å². The van der Waals surface area contributed by atoms with E-state index in [0.29, 0.717) is 19.8 Å². The summed E-state index contributed by atoms with van der Waals surface area (Å²) in [5.74, 6) is -0.109. The van der Waals surface area contributed by atoms with Crippen molar-refractivity contribution in [1.29, 1.82) is 0 Å². The standard InChI is InChI=1S/C14H19NO3S/c1-11(16)15(8-13-7-14(19)10-17-13)18-9-12-5-3-2-4-6-12/h2-6,13-14,19H,7-10H2,1H3/t13-,14+/m0/s1. The summed E-state index contributed by atoms with van der Waals surface area (Å²) in [6.45, 7) is 2.98. The van der Waals surface area contributed by atoms with Crippen LogP contribution in [0, 0.1) is 0 Å². The number of amides is 1. The molecule has 1 saturated heterocycles. The van der Waals surface area contributed by atoms with Crippen molar-refractivity contribution in [2.24, 2.45) is 0 Å². The number of carbonyl (C=O) groups excluding carboxylic acids is 1. The molecule has 1 aliphatic rings. The Morgan fingerprint density at radius 2 is 2.21 bits per heavy atom. The number of rotatable bonds is 5. The summed E-state index contributed by atoms with van der Waals surface area (Å²) < 4.78 is 5.55. The number of benzene rings is 1. The molecule has 19 heavy (non-hydrogen) atoms. The van der Waals surface area contributed by atoms with Crippen molar-refractivity contribution in [2.75, 3.05) is 13.2 Å². The molecule has 1 aliphatic heterocycles. The molecular weight excluding hydrogens is 262 g/mol. The second-order valence-electron chi connectivity index (χ2n) is 4.68. The predicted octanol–water partition coefficient (Wildman–Crippen LogP) is 2.05. The molecule has 0 unspecified atom stereocenters. The molecule has 0 saturated carbocycles. The molecule has 1 amide bonds. The zero-order chi connectivity index (χ0) is 13.7. The first-order valence-electron chi connectivity index (χ1n) is 6.40. The van der Waals surface area contributed by atoms with E-state index in [1.54, 1.807) is 0 Å². The Balaban J connectivity index is 1.84. The lowest BCUT2D eigenvalue weighted by Crippen LogP contribution is -2.35. The fraction of sp³-hybridized carbons (Fsp3) is 0.500. The van der Waals surface area contributed by atoms with E-state index in [1.807, 2.05) is 30.3 Å². The van der Waals surface area contributed by atoms with Crippen LogP contribution in [0.4, 0.5) is 0 Å². The molecule has 5 heteroatoms. The van der Waals surface area contributed by atoms with Gasteiger partial charge in [-0.25, -0.2) is 5.06 Å². The van der Waals surface area contributed by atoms with Gasteiger partial charge < -0.3 is 4.74 Å². The second-order valence-corrected chi connectivity index (χ2v) is 5.41. The topological polar surface area (TPSA) is 38.8 Å². The van der Waals surface area contributed by atoms with Crippen molar-refractivity contribution in [2.45, 2.75) is 31.3 Å². The number of ether oxygens (including phenoxy) is 1. The summed E-state index contributed by atoms with van der Waals surface area (Å²) in [6.07, 6.45) is 0.865. The van der Waals surface area contributed by atoms with E-state index in [0.717, 1.165) is 12.0 Å². The van der Waals surface area contributed by atoms with Crippen LogP contribution in [0.1, 0.15) is 18.9 Å². The van der Waals surface area contributed by atoms with Gasteiger partial charge in [-0.1, -0.05) is 30.3 Å². The average Bonchev–Trinajstić information content (AvgIpc) is 2.81. The Labute approximate surface area is 119 Å². The van der Waals surface area contributed by atoms with Gasteiger partial charge in [0.2, 0.25) is 5.91 Å². The highest BCUT2D eigenvalue weighted by molar-refractivity contribution is 7.81. The van der Waals surface area contributed by atoms with E-state index in [9.17, 15) is 4.79 Å². The molecule has 1 heterocycles. The minimum absolute atomic E-state index is 0.0159. The van der Waals surface area contributed by atoms with E-state index in [-0.39, 0.29) is 17.3 Å². The van der Waals surface area contributed by atoms with Crippen LogP contribution in [0.3, 0.4) is 0 Å². The van der Waals surface area contributed by atoms with E-state index in [4.69, 9.17) is 9.57 Å². The molecule has 2 rings (SSSR count). The highest BCUT2D eigenvalue weighted by Gasteiger charge is 2.26. The molecule has 104 valence electrons. The molecule has 1 fully saturated rings. The van der Waals surface area contributed by atoms with Crippen molar-refractivity contribution in [3.8, 4) is 0 Å². The van der Waals surface area contributed by atoms with E-state index in [1.165, 1.54) is 12.0 Å². The number of nitrogens with zero attached hydrogens (tertiary/aromatic N) is 1. The summed E-state index contributed by atoms with van der Waals surface area (Å²) in [6, 6.07) is 9.78. The molecule has 0 aliphatic carbocycles. The molecule has 0 N–H and O–H groups in total. The zero-order valence-electron chi connectivity index (χ0n) is 11.0. The Morgan fingerprint density at radius 3 is 2.79 bits per heavy atom. The number of hydrogen-bond acceptors (Lipinski definition) is 4. The number of carbonyl (C=O) groups is 1. The molecule has 0 spiro atoms. The molecule has 1 aromatic carbocycles. The predicted molar refractivity (Wildman–Crippen MR) is 75.7 cm³/mol. The average molecular weight is 281 g/mol. The van der Waals surface area contributed by atoms with Crippen LogP contribution in [0.2, 0.25) is 0 Å². The van der Waals surface area contributed by atoms with E-state index >= 15 is 0 Å². The van der Waals surface area contributed by atoms with E-state index < -0.39 is 0 Å². The fourth-order valence-electron chi connectivity index (χ4n) is 2.00. The number of hydroxylamine groups is 2. The van der Waals surface area contributed by atoms with Gasteiger partial charge in [0.05, 0.1) is 19.3 Å². The largest absolute Gasteiger partial charge is 0.375 e. The normalized spacial score (nSPS) is 22.4. The lowest BCUT2D eigenvalue weighted by atomic mass is 10.2. The summed E-state index contributed by atoms with van der Waals surface area (Å²) >= 11 is 4.37. The minimum Gasteiger partial charge on any atom is -0.375 e. The van der Waals surface area contributed by atoms with Gasteiger partial charge in [-0.05, 0) is 12.0 Å². The Hall–Kier alpha value is -1.04. The molecule has 0 radical (unpaired) electrons. The van der Waals surface area contributed by atoms with Crippen LogP contribution in [0.5, 0.6) is 0 Å². The van der Waals surface area contributed by atoms with Gasteiger partial charge in [0.1, 0.15) is 6.61 Å². The molecule has 1 aromatic rings. The van der Waals surface area contributed by atoms with Gasteiger partial charge in [-0.15, -0.1) is 0 Å². The van der Waals surface area contributed by atoms with Crippen LogP contribution in [-0.2, 0) is 21.0 Å². The summed E-state index contributed by atoms with van der Waals surface area (Å²) in [5.41, 5.74) is 1.04. The maximum absolute atomic E-state index is 11.6. The first kappa shape index (κ1) is 14.4. The third-order valence-electron chi connectivity index (χ3n) is 3.01. The van der Waals surface area contributed by atoms with Gasteiger partial charge in [0.15, 0.2) is 0 Å². The van der Waals surface area contributed by atoms with Crippen molar-refractivity contribution in [3.05, 3.63) is 35.9 Å². The SMILES string of the molecule is CC(=O)N(C[C@@H]1C[C@@H](S)CO1)OCc1ccccc1. The maximum Gasteiger partial charge on any atom is 0.243 e. The van der Waals surface area contributed by atoms with Gasteiger partial charge >= 0.3 is 0 Å². The summed E-state index contributed by atoms with van der Waals surface area (Å²) in [4.78, 5) is 17.1. The van der Waals surface area contributed by atoms with Crippen molar-refractivity contribution in [3.63, 3.8) is 0 Å². The molecular formula is C14H19NO3S. The first-order chi connectivity index (χ1) is 9.15. The molecule has 0 bridgehead atoms. The van der Waals surface area contributed by atoms with E-state index in [2.05, 4.69) is 12.6 Å². The van der Waals surface area contributed by atoms with Crippen LogP contribution in [0.25, 0.3) is 0 Å². The molecule has 4 nitrogen and oxygen atoms in total. The Morgan fingerprint density at radius 1 is 1.47 bits per heavy atom. The zero-order valence-corrected chi connectivity index (χ0v) is 11.9. The highest BCUT2D eigenvalue weighted by Crippen LogP contribution is 2.19. The van der Waals surface area contributed by atoms with Gasteiger partial charge in [0.25, 0.3) is 0 Å². The Bertz CT molecular complexity index is 412. The lowest BCUT2D eigenvalue weighted by Gasteiger charge is -2.23. The summed E-state index contributed by atoms with van der Waals surface area (Å²) in [7, 11) is 0. The van der Waals surface area contributed by atoms with Crippen LogP contribution >= 0.6 is 12.6 Å². The second kappa shape index (κ2) is 6.93. The summed E-state index contributed by atoms with van der Waals surface area (Å²) in [5, 5.41) is 1.64. The van der Waals surface area contributed by atoms with Crippen LogP contribution in [-0.4, -0.2) is 35.5 Å². The quantitative estimate of drug-likeness (QED) is 0.663. The van der Waals surface area contributed by atoms with Crippen LogP contribution in [0.15, 0.2) is 30.3 Å². The van der Waals surface area contributed by atoms with Gasteiger partial charge in [-0.2, -0.15) is 12.6 Å². The minimum atomic E-state index is -0.109. The lowest BCUT2D eigenvalue weighted by molar-refractivity contribution is -0.196. The number of hydrogen-bond donors (Lipinski definition) is 1. The number of thiol groups is 1. The van der Waals surface area contributed by atoms with Crippen molar-refractivity contribution < 1.29 is 14.4 Å². The smallest absolute Gasteiger partial charge is 0.243 e. The molecule has 0 aromatic heterocycles. The van der Waals surface area contributed by atoms with Gasteiger partial charge in [-0.3, -0.25) is 9.63 Å². The molecule has 2 atom stereocenters. The Kier molecular flexibility index (Phi) is 5.24. The van der Waals surface area contributed by atoms with Crippen molar-refractivity contribution in [1.82, 2.24) is 5.06 Å². The third kappa shape index (κ3) is 4.53. The maximum atomic E-state index is 11.6.